The summed E-state index contributed by atoms with van der Waals surface area (Å²) >= 11 is 0. The molecule has 0 N–H and O–H groups in total. The Morgan fingerprint density at radius 1 is 1.24 bits per heavy atom. The fourth-order valence-electron chi connectivity index (χ4n) is 3.62. The van der Waals surface area contributed by atoms with Gasteiger partial charge in [-0.15, -0.1) is 0 Å². The molecule has 1 aromatic heterocycles. The third-order valence-electron chi connectivity index (χ3n) is 4.86. The van der Waals surface area contributed by atoms with E-state index < -0.39 is 11.7 Å². The van der Waals surface area contributed by atoms with E-state index >= 15 is 0 Å². The first-order chi connectivity index (χ1) is 11.9. The van der Waals surface area contributed by atoms with E-state index in [0.29, 0.717) is 12.3 Å². The molecule has 0 bridgehead atoms. The van der Waals surface area contributed by atoms with Crippen LogP contribution in [0.3, 0.4) is 0 Å². The van der Waals surface area contributed by atoms with E-state index in [1.54, 1.807) is 6.07 Å². The molecule has 0 spiro atoms. The first-order valence-corrected chi connectivity index (χ1v) is 8.76. The summed E-state index contributed by atoms with van der Waals surface area (Å²) in [5.74, 6) is 0.542. The summed E-state index contributed by atoms with van der Waals surface area (Å²) in [6, 6.07) is 5.73. The normalized spacial score (nSPS) is 19.3. The quantitative estimate of drug-likeness (QED) is 0.801. The number of aromatic nitrogens is 2. The van der Waals surface area contributed by atoms with Crippen LogP contribution in [-0.4, -0.2) is 27.8 Å². The van der Waals surface area contributed by atoms with Gasteiger partial charge in [-0.3, -0.25) is 9.58 Å². The Morgan fingerprint density at radius 3 is 2.80 bits per heavy atom. The Labute approximate surface area is 146 Å². The average Bonchev–Trinajstić information content (AvgIpc) is 2.98. The van der Waals surface area contributed by atoms with Crippen LogP contribution in [0.1, 0.15) is 36.0 Å². The zero-order valence-corrected chi connectivity index (χ0v) is 14.5. The van der Waals surface area contributed by atoms with Gasteiger partial charge in [0.15, 0.2) is 0 Å². The number of piperidine rings is 1. The van der Waals surface area contributed by atoms with Crippen LogP contribution in [0.5, 0.6) is 0 Å². The molecule has 1 aromatic carbocycles. The Morgan fingerprint density at radius 2 is 2.08 bits per heavy atom. The molecule has 1 saturated heterocycles. The van der Waals surface area contributed by atoms with E-state index in [4.69, 9.17) is 0 Å². The summed E-state index contributed by atoms with van der Waals surface area (Å²) in [6.45, 7) is 2.98. The van der Waals surface area contributed by atoms with Crippen molar-refractivity contribution in [2.45, 2.75) is 38.4 Å². The van der Waals surface area contributed by atoms with Gasteiger partial charge in [-0.1, -0.05) is 18.2 Å². The first-order valence-electron chi connectivity index (χ1n) is 8.76. The average molecular weight is 351 g/mol. The monoisotopic (exact) mass is 351 g/mol. The molecule has 0 aliphatic carbocycles. The molecule has 1 unspecified atom stereocenters. The molecule has 3 nitrogen and oxygen atoms in total. The predicted octanol–water partition coefficient (Wildman–Crippen LogP) is 4.28. The van der Waals surface area contributed by atoms with E-state index in [-0.39, 0.29) is 0 Å². The van der Waals surface area contributed by atoms with Gasteiger partial charge in [0, 0.05) is 31.9 Å². The van der Waals surface area contributed by atoms with Crippen molar-refractivity contribution in [1.82, 2.24) is 14.7 Å². The topological polar surface area (TPSA) is 21.1 Å². The first kappa shape index (κ1) is 18.0. The van der Waals surface area contributed by atoms with Crippen molar-refractivity contribution in [1.29, 1.82) is 0 Å². The number of aryl methyl sites for hydroxylation is 2. The Hall–Kier alpha value is -1.82. The van der Waals surface area contributed by atoms with Crippen LogP contribution in [-0.2, 0) is 26.2 Å². The van der Waals surface area contributed by atoms with Gasteiger partial charge in [-0.25, -0.2) is 0 Å². The fraction of sp³-hybridized carbons (Fsp3) is 0.526. The summed E-state index contributed by atoms with van der Waals surface area (Å²) < 4.78 is 40.2. The van der Waals surface area contributed by atoms with Crippen molar-refractivity contribution < 1.29 is 13.2 Å². The lowest BCUT2D eigenvalue weighted by atomic mass is 9.91. The highest BCUT2D eigenvalue weighted by Gasteiger charge is 2.30. The van der Waals surface area contributed by atoms with E-state index in [0.717, 1.165) is 50.5 Å². The second-order valence-corrected chi connectivity index (χ2v) is 7.00. The zero-order chi connectivity index (χ0) is 17.9. The maximum atomic E-state index is 12.8. The van der Waals surface area contributed by atoms with Crippen LogP contribution >= 0.6 is 0 Å². The van der Waals surface area contributed by atoms with Crippen molar-refractivity contribution in [2.24, 2.45) is 13.0 Å². The number of hydrogen-bond acceptors (Lipinski definition) is 2. The van der Waals surface area contributed by atoms with Gasteiger partial charge in [-0.2, -0.15) is 18.3 Å². The molecule has 1 atom stereocenters. The molecule has 136 valence electrons. The van der Waals surface area contributed by atoms with E-state index in [2.05, 4.69) is 10.00 Å². The summed E-state index contributed by atoms with van der Waals surface area (Å²) in [5, 5.41) is 4.20. The van der Waals surface area contributed by atoms with Crippen molar-refractivity contribution >= 4 is 0 Å². The van der Waals surface area contributed by atoms with Crippen LogP contribution in [0.15, 0.2) is 36.7 Å². The van der Waals surface area contributed by atoms with Crippen molar-refractivity contribution in [3.63, 3.8) is 0 Å². The van der Waals surface area contributed by atoms with Gasteiger partial charge in [-0.05, 0) is 49.8 Å². The van der Waals surface area contributed by atoms with Crippen molar-refractivity contribution in [3.05, 3.63) is 53.3 Å². The third kappa shape index (κ3) is 5.08. The van der Waals surface area contributed by atoms with Crippen molar-refractivity contribution in [2.75, 3.05) is 13.1 Å². The number of alkyl halides is 3. The van der Waals surface area contributed by atoms with Gasteiger partial charge in [0.25, 0.3) is 0 Å². The van der Waals surface area contributed by atoms with Crippen LogP contribution in [0.4, 0.5) is 13.2 Å². The van der Waals surface area contributed by atoms with E-state index in [1.807, 2.05) is 24.1 Å². The standard InChI is InChI=1S/C19H24F3N3/c1-24-12-17(11-23-24)14-25-9-3-5-16(13-25)8-7-15-4-2-6-18(10-15)19(20,21)22/h2,4,6,10-12,16H,3,5,7-9,13-14H2,1H3. The molecule has 1 aliphatic heterocycles. The number of hydrogen-bond donors (Lipinski definition) is 0. The number of halogens is 3. The minimum Gasteiger partial charge on any atom is -0.299 e. The molecule has 2 aromatic rings. The SMILES string of the molecule is Cn1cc(CN2CCCC(CCc3cccc(C(F)(F)F)c3)C2)cn1. The van der Waals surface area contributed by atoms with Crippen LogP contribution in [0.2, 0.25) is 0 Å². The lowest BCUT2D eigenvalue weighted by Gasteiger charge is -2.32. The molecule has 2 heterocycles. The lowest BCUT2D eigenvalue weighted by Crippen LogP contribution is -2.35. The minimum absolute atomic E-state index is 0.542. The van der Waals surface area contributed by atoms with E-state index in [9.17, 15) is 13.2 Å². The molecular formula is C19H24F3N3. The molecule has 1 fully saturated rings. The lowest BCUT2D eigenvalue weighted by molar-refractivity contribution is -0.137. The predicted molar refractivity (Wildman–Crippen MR) is 91.0 cm³/mol. The minimum atomic E-state index is -4.26. The number of benzene rings is 1. The summed E-state index contributed by atoms with van der Waals surface area (Å²) in [5.41, 5.74) is 1.44. The van der Waals surface area contributed by atoms with E-state index in [1.165, 1.54) is 17.7 Å². The highest BCUT2D eigenvalue weighted by Crippen LogP contribution is 2.30. The zero-order valence-electron chi connectivity index (χ0n) is 14.5. The molecule has 25 heavy (non-hydrogen) atoms. The highest BCUT2D eigenvalue weighted by atomic mass is 19.4. The number of rotatable bonds is 5. The second kappa shape index (κ2) is 7.60. The summed E-state index contributed by atoms with van der Waals surface area (Å²) in [7, 11) is 1.91. The Kier molecular flexibility index (Phi) is 5.47. The fourth-order valence-corrected chi connectivity index (χ4v) is 3.62. The molecule has 6 heteroatoms. The summed E-state index contributed by atoms with van der Waals surface area (Å²) in [6.07, 6.45) is 3.61. The second-order valence-electron chi connectivity index (χ2n) is 7.00. The maximum Gasteiger partial charge on any atom is 0.416 e. The number of nitrogens with zero attached hydrogens (tertiary/aromatic N) is 3. The number of likely N-dealkylation sites (tertiary alicyclic amines) is 1. The van der Waals surface area contributed by atoms with Crippen LogP contribution in [0.25, 0.3) is 0 Å². The largest absolute Gasteiger partial charge is 0.416 e. The highest BCUT2D eigenvalue weighted by molar-refractivity contribution is 5.25. The molecule has 3 rings (SSSR count). The van der Waals surface area contributed by atoms with Gasteiger partial charge in [0.05, 0.1) is 11.8 Å². The molecule has 0 saturated carbocycles. The smallest absolute Gasteiger partial charge is 0.299 e. The molecular weight excluding hydrogens is 327 g/mol. The van der Waals surface area contributed by atoms with Gasteiger partial charge in [0.1, 0.15) is 0 Å². The third-order valence-corrected chi connectivity index (χ3v) is 4.86. The van der Waals surface area contributed by atoms with Crippen molar-refractivity contribution in [3.8, 4) is 0 Å². The van der Waals surface area contributed by atoms with Gasteiger partial charge < -0.3 is 0 Å². The maximum absolute atomic E-state index is 12.8. The Bertz CT molecular complexity index is 693. The molecule has 0 amide bonds. The Balaban J connectivity index is 1.53. The molecule has 0 radical (unpaired) electrons. The van der Waals surface area contributed by atoms with Gasteiger partial charge in [0.2, 0.25) is 0 Å². The molecule has 1 aliphatic rings. The van der Waals surface area contributed by atoms with Crippen LogP contribution in [0, 0.1) is 5.92 Å². The summed E-state index contributed by atoms with van der Waals surface area (Å²) in [4.78, 5) is 2.43. The van der Waals surface area contributed by atoms with Crippen LogP contribution < -0.4 is 0 Å². The van der Waals surface area contributed by atoms with Gasteiger partial charge >= 0.3 is 6.18 Å².